The van der Waals surface area contributed by atoms with Crippen LogP contribution in [0.5, 0.6) is 5.88 Å². The van der Waals surface area contributed by atoms with E-state index >= 15 is 0 Å². The van der Waals surface area contributed by atoms with Crippen molar-refractivity contribution < 1.29 is 5.11 Å². The van der Waals surface area contributed by atoms with Crippen LogP contribution < -0.4 is 11.2 Å². The molecule has 0 bridgehead atoms. The van der Waals surface area contributed by atoms with Gasteiger partial charge in [0.25, 0.3) is 5.56 Å². The third-order valence-corrected chi connectivity index (χ3v) is 4.46. The van der Waals surface area contributed by atoms with Crippen LogP contribution in [0.1, 0.15) is 17.5 Å². The molecule has 128 valence electrons. The molecule has 0 unspecified atom stereocenters. The molecule has 2 aromatic heterocycles. The minimum Gasteiger partial charge on any atom is -0.493 e. The number of aliphatic imine (C=N–C) groups is 1. The summed E-state index contributed by atoms with van der Waals surface area (Å²) in [5.74, 6) is -0.542. The maximum absolute atomic E-state index is 12.1. The van der Waals surface area contributed by atoms with E-state index in [0.29, 0.717) is 15.8 Å². The summed E-state index contributed by atoms with van der Waals surface area (Å²) in [5, 5.41) is 19.7. The van der Waals surface area contributed by atoms with E-state index in [4.69, 9.17) is 11.6 Å². The molecule has 0 amide bonds. The number of H-pyrrole nitrogens is 1. The Morgan fingerprint density at radius 1 is 1.40 bits per heavy atom. The van der Waals surface area contributed by atoms with Gasteiger partial charge in [-0.3, -0.25) is 9.78 Å². The van der Waals surface area contributed by atoms with Gasteiger partial charge in [0.2, 0.25) is 11.0 Å². The van der Waals surface area contributed by atoms with Crippen molar-refractivity contribution in [1.29, 1.82) is 0 Å². The minimum atomic E-state index is -0.786. The van der Waals surface area contributed by atoms with Gasteiger partial charge in [0.1, 0.15) is 10.6 Å². The van der Waals surface area contributed by atoms with Crippen molar-refractivity contribution in [2.24, 2.45) is 4.99 Å². The van der Waals surface area contributed by atoms with Gasteiger partial charge in [-0.05, 0) is 24.6 Å². The minimum absolute atomic E-state index is 0.173. The molecule has 0 aliphatic heterocycles. The van der Waals surface area contributed by atoms with E-state index in [1.54, 1.807) is 18.2 Å². The van der Waals surface area contributed by atoms with E-state index in [1.807, 2.05) is 6.92 Å². The second kappa shape index (κ2) is 6.99. The fourth-order valence-corrected chi connectivity index (χ4v) is 2.88. The van der Waals surface area contributed by atoms with Gasteiger partial charge in [0, 0.05) is 11.2 Å². The van der Waals surface area contributed by atoms with Crippen molar-refractivity contribution >= 4 is 34.3 Å². The molecule has 0 aliphatic rings. The maximum Gasteiger partial charge on any atom is 0.335 e. The number of benzene rings is 1. The average Bonchev–Trinajstić information content (AvgIpc) is 3.02. The van der Waals surface area contributed by atoms with Crippen LogP contribution in [0.15, 0.2) is 38.8 Å². The number of aromatic amines is 1. The molecule has 2 N–H and O–H groups in total. The van der Waals surface area contributed by atoms with Gasteiger partial charge in [-0.15, -0.1) is 10.2 Å². The number of halogens is 1. The highest BCUT2D eigenvalue weighted by Gasteiger charge is 2.14. The first-order valence-corrected chi connectivity index (χ1v) is 8.39. The van der Waals surface area contributed by atoms with Crippen LogP contribution in [0.3, 0.4) is 0 Å². The predicted octanol–water partition coefficient (Wildman–Crippen LogP) is 2.05. The molecule has 0 saturated carbocycles. The van der Waals surface area contributed by atoms with Gasteiger partial charge >= 0.3 is 5.69 Å². The van der Waals surface area contributed by atoms with Crippen LogP contribution in [0.2, 0.25) is 5.02 Å². The Morgan fingerprint density at radius 3 is 2.88 bits per heavy atom. The van der Waals surface area contributed by atoms with E-state index in [-0.39, 0.29) is 5.56 Å². The van der Waals surface area contributed by atoms with Gasteiger partial charge in [-0.1, -0.05) is 35.9 Å². The third kappa shape index (κ3) is 3.52. The van der Waals surface area contributed by atoms with Crippen molar-refractivity contribution in [3.63, 3.8) is 0 Å². The predicted molar refractivity (Wildman–Crippen MR) is 95.9 cm³/mol. The fraction of sp³-hybridized carbons (Fsp3) is 0.133. The van der Waals surface area contributed by atoms with Crippen LogP contribution in [0.4, 0.5) is 5.13 Å². The quantitative estimate of drug-likeness (QED) is 0.675. The molecule has 2 heterocycles. The van der Waals surface area contributed by atoms with E-state index in [0.717, 1.165) is 22.2 Å². The zero-order chi connectivity index (χ0) is 18.0. The number of rotatable bonds is 4. The van der Waals surface area contributed by atoms with Crippen molar-refractivity contribution in [2.45, 2.75) is 13.3 Å². The zero-order valence-electron chi connectivity index (χ0n) is 12.9. The molecule has 0 fully saturated rings. The largest absolute Gasteiger partial charge is 0.493 e. The fourth-order valence-electron chi connectivity index (χ4n) is 2.07. The summed E-state index contributed by atoms with van der Waals surface area (Å²) in [6.07, 6.45) is 1.87. The van der Waals surface area contributed by atoms with E-state index in [2.05, 4.69) is 20.2 Å². The number of aromatic hydroxyl groups is 1. The van der Waals surface area contributed by atoms with Crippen molar-refractivity contribution in [3.8, 4) is 11.6 Å². The summed E-state index contributed by atoms with van der Waals surface area (Å²) >= 11 is 7.19. The Labute approximate surface area is 150 Å². The molecule has 0 atom stereocenters. The van der Waals surface area contributed by atoms with E-state index < -0.39 is 17.1 Å². The Balaban J connectivity index is 2.10. The second-order valence-electron chi connectivity index (χ2n) is 4.90. The third-order valence-electron chi connectivity index (χ3n) is 3.25. The summed E-state index contributed by atoms with van der Waals surface area (Å²) in [5.41, 5.74) is -1.41. The van der Waals surface area contributed by atoms with Gasteiger partial charge in [0.05, 0.1) is 5.69 Å². The lowest BCUT2D eigenvalue weighted by Gasteiger charge is -2.09. The zero-order valence-corrected chi connectivity index (χ0v) is 14.5. The second-order valence-corrected chi connectivity index (χ2v) is 6.38. The van der Waals surface area contributed by atoms with Crippen molar-refractivity contribution in [1.82, 2.24) is 19.7 Å². The number of hydrogen-bond acceptors (Lipinski definition) is 7. The average molecular weight is 378 g/mol. The summed E-state index contributed by atoms with van der Waals surface area (Å²) < 4.78 is 0.937. The smallest absolute Gasteiger partial charge is 0.335 e. The molecule has 3 rings (SSSR count). The van der Waals surface area contributed by atoms with Gasteiger partial charge in [-0.25, -0.2) is 14.4 Å². The lowest BCUT2D eigenvalue weighted by atomic mass is 10.3. The molecule has 0 saturated heterocycles. The lowest BCUT2D eigenvalue weighted by molar-refractivity contribution is 0.430. The number of aryl methyl sites for hydroxylation is 1. The van der Waals surface area contributed by atoms with Gasteiger partial charge in [-0.2, -0.15) is 0 Å². The summed E-state index contributed by atoms with van der Waals surface area (Å²) in [7, 11) is 0. The highest BCUT2D eigenvalue weighted by atomic mass is 35.5. The Morgan fingerprint density at radius 2 is 2.20 bits per heavy atom. The number of hydrogen-bond donors (Lipinski definition) is 2. The van der Waals surface area contributed by atoms with Crippen LogP contribution >= 0.6 is 22.9 Å². The van der Waals surface area contributed by atoms with E-state index in [9.17, 15) is 14.7 Å². The summed E-state index contributed by atoms with van der Waals surface area (Å²) in [6.45, 7) is 1.94. The van der Waals surface area contributed by atoms with Crippen LogP contribution in [0, 0.1) is 0 Å². The van der Waals surface area contributed by atoms with Gasteiger partial charge in [0.15, 0.2) is 0 Å². The standard InChI is InChI=1S/C15H12ClN5O3S/c1-2-11-19-20-14(25-11)17-7-10-12(22)18-15(24)21(13(10)23)9-5-3-4-8(16)6-9/h3-7,23H,2H2,1H3,(H,18,22,24). The molecule has 10 heteroatoms. The Bertz CT molecular complexity index is 1070. The van der Waals surface area contributed by atoms with Crippen LogP contribution in [-0.2, 0) is 6.42 Å². The van der Waals surface area contributed by atoms with Crippen molar-refractivity contribution in [3.05, 3.63) is 60.7 Å². The number of nitrogens with one attached hydrogen (secondary N) is 1. The molecule has 8 nitrogen and oxygen atoms in total. The normalized spacial score (nSPS) is 11.3. The SMILES string of the molecule is CCc1nnc(N=Cc2c(O)n(-c3cccc(Cl)c3)c(=O)[nH]c2=O)s1. The van der Waals surface area contributed by atoms with Crippen LogP contribution in [-0.4, -0.2) is 31.1 Å². The molecule has 25 heavy (non-hydrogen) atoms. The number of aromatic nitrogens is 4. The summed E-state index contributed by atoms with van der Waals surface area (Å²) in [4.78, 5) is 30.3. The first-order chi connectivity index (χ1) is 12.0. The molecular weight excluding hydrogens is 366 g/mol. The van der Waals surface area contributed by atoms with E-state index in [1.165, 1.54) is 17.4 Å². The maximum atomic E-state index is 12.1. The molecular formula is C15H12ClN5O3S. The highest BCUT2D eigenvalue weighted by Crippen LogP contribution is 2.21. The Hall–Kier alpha value is -2.78. The molecule has 0 spiro atoms. The van der Waals surface area contributed by atoms with Gasteiger partial charge < -0.3 is 5.11 Å². The first-order valence-electron chi connectivity index (χ1n) is 7.20. The monoisotopic (exact) mass is 377 g/mol. The molecule has 1 aromatic carbocycles. The Kier molecular flexibility index (Phi) is 4.77. The van der Waals surface area contributed by atoms with Crippen LogP contribution in [0.25, 0.3) is 5.69 Å². The highest BCUT2D eigenvalue weighted by molar-refractivity contribution is 7.14. The van der Waals surface area contributed by atoms with Crippen molar-refractivity contribution in [2.75, 3.05) is 0 Å². The first kappa shape index (κ1) is 17.1. The molecule has 0 aliphatic carbocycles. The lowest BCUT2D eigenvalue weighted by Crippen LogP contribution is -2.31. The topological polar surface area (TPSA) is 113 Å². The number of nitrogens with zero attached hydrogens (tertiary/aromatic N) is 4. The summed E-state index contributed by atoms with van der Waals surface area (Å²) in [6, 6.07) is 6.31. The molecule has 0 radical (unpaired) electrons. The molecule has 3 aromatic rings.